The summed E-state index contributed by atoms with van der Waals surface area (Å²) >= 11 is 0. The Morgan fingerprint density at radius 3 is 2.60 bits per heavy atom. The Balaban J connectivity index is 2.30. The Kier molecular flexibility index (Phi) is 2.64. The number of hydrogen-bond acceptors (Lipinski definition) is 5. The summed E-state index contributed by atoms with van der Waals surface area (Å²) in [5.74, 6) is 1.54. The Bertz CT molecular complexity index is 336. The summed E-state index contributed by atoms with van der Waals surface area (Å²) in [6.07, 6.45) is 5.40. The molecule has 0 aromatic rings. The van der Waals surface area contributed by atoms with Crippen LogP contribution in [0.4, 0.5) is 0 Å². The molecule has 1 aliphatic heterocycles. The van der Waals surface area contributed by atoms with Gasteiger partial charge in [-0.15, -0.1) is 0 Å². The SMILES string of the molecule is COC1=CC2N=CN[C@@H](N)C2C=C1OC. The first-order valence-corrected chi connectivity index (χ1v) is 4.81. The van der Waals surface area contributed by atoms with Crippen molar-refractivity contribution in [2.24, 2.45) is 16.6 Å². The van der Waals surface area contributed by atoms with Crippen LogP contribution >= 0.6 is 0 Å². The van der Waals surface area contributed by atoms with E-state index in [1.54, 1.807) is 20.6 Å². The zero-order chi connectivity index (χ0) is 10.8. The normalized spacial score (nSPS) is 33.4. The topological polar surface area (TPSA) is 68.9 Å². The molecule has 0 aromatic heterocycles. The molecule has 0 bridgehead atoms. The Morgan fingerprint density at radius 2 is 1.93 bits per heavy atom. The van der Waals surface area contributed by atoms with Gasteiger partial charge in [-0.2, -0.15) is 0 Å². The van der Waals surface area contributed by atoms with Crippen molar-refractivity contribution in [3.8, 4) is 0 Å². The molecular formula is C10H15N3O2. The summed E-state index contributed by atoms with van der Waals surface area (Å²) in [7, 11) is 3.23. The van der Waals surface area contributed by atoms with E-state index in [4.69, 9.17) is 15.2 Å². The Labute approximate surface area is 88.6 Å². The average Bonchev–Trinajstić information content (AvgIpc) is 2.28. The predicted octanol–water partition coefficient (Wildman–Crippen LogP) is -0.0383. The van der Waals surface area contributed by atoms with Gasteiger partial charge in [-0.1, -0.05) is 0 Å². The summed E-state index contributed by atoms with van der Waals surface area (Å²) in [6, 6.07) is 0.0371. The molecule has 82 valence electrons. The van der Waals surface area contributed by atoms with Crippen LogP contribution in [0.5, 0.6) is 0 Å². The molecule has 2 aliphatic rings. The largest absolute Gasteiger partial charge is 0.493 e. The number of aliphatic imine (C=N–C) groups is 1. The van der Waals surface area contributed by atoms with Crippen molar-refractivity contribution in [1.82, 2.24) is 5.32 Å². The number of nitrogens with two attached hydrogens (primary N) is 1. The fourth-order valence-electron chi connectivity index (χ4n) is 1.83. The van der Waals surface area contributed by atoms with Crippen LogP contribution in [0.1, 0.15) is 0 Å². The molecule has 0 aromatic carbocycles. The van der Waals surface area contributed by atoms with Gasteiger partial charge in [-0.25, -0.2) is 0 Å². The lowest BCUT2D eigenvalue weighted by Gasteiger charge is -2.32. The second-order valence-electron chi connectivity index (χ2n) is 3.51. The zero-order valence-corrected chi connectivity index (χ0v) is 8.81. The molecule has 3 N–H and O–H groups in total. The van der Waals surface area contributed by atoms with E-state index in [0.29, 0.717) is 11.5 Å². The van der Waals surface area contributed by atoms with Crippen LogP contribution in [-0.4, -0.2) is 32.8 Å². The number of fused-ring (bicyclic) bond motifs is 1. The second kappa shape index (κ2) is 3.94. The van der Waals surface area contributed by atoms with Crippen molar-refractivity contribution >= 4 is 6.34 Å². The summed E-state index contributed by atoms with van der Waals surface area (Å²) in [5, 5.41) is 2.97. The maximum Gasteiger partial charge on any atom is 0.158 e. The minimum Gasteiger partial charge on any atom is -0.493 e. The first kappa shape index (κ1) is 10.0. The van der Waals surface area contributed by atoms with Crippen molar-refractivity contribution in [1.29, 1.82) is 0 Å². The number of ether oxygens (including phenoxy) is 2. The van der Waals surface area contributed by atoms with E-state index in [0.717, 1.165) is 0 Å². The molecule has 0 radical (unpaired) electrons. The lowest BCUT2D eigenvalue weighted by atomic mass is 9.90. The molecular weight excluding hydrogens is 194 g/mol. The Morgan fingerprint density at radius 1 is 1.27 bits per heavy atom. The third kappa shape index (κ3) is 1.70. The predicted molar refractivity (Wildman–Crippen MR) is 57.1 cm³/mol. The fraction of sp³-hybridized carbons (Fsp3) is 0.500. The van der Waals surface area contributed by atoms with Crippen molar-refractivity contribution in [2.75, 3.05) is 14.2 Å². The highest BCUT2D eigenvalue weighted by atomic mass is 16.5. The van der Waals surface area contributed by atoms with E-state index in [-0.39, 0.29) is 18.1 Å². The standard InChI is InChI=1S/C10H15N3O2/c1-14-8-3-6-7(4-9(8)15-2)12-5-13-10(6)11/h3-7,10H,11H2,1-2H3,(H,12,13)/t6?,7?,10-/m1/s1. The summed E-state index contributed by atoms with van der Waals surface area (Å²) in [6.45, 7) is 0. The van der Waals surface area contributed by atoms with Gasteiger partial charge in [-0.05, 0) is 12.2 Å². The van der Waals surface area contributed by atoms with Gasteiger partial charge in [0, 0.05) is 5.92 Å². The van der Waals surface area contributed by atoms with Crippen LogP contribution in [-0.2, 0) is 9.47 Å². The van der Waals surface area contributed by atoms with Gasteiger partial charge in [0.1, 0.15) is 0 Å². The molecule has 2 unspecified atom stereocenters. The van der Waals surface area contributed by atoms with Gasteiger partial charge in [0.25, 0.3) is 0 Å². The van der Waals surface area contributed by atoms with Crippen molar-refractivity contribution < 1.29 is 9.47 Å². The monoisotopic (exact) mass is 209 g/mol. The van der Waals surface area contributed by atoms with Gasteiger partial charge in [-0.3, -0.25) is 4.99 Å². The smallest absolute Gasteiger partial charge is 0.158 e. The van der Waals surface area contributed by atoms with Gasteiger partial charge in [0.05, 0.1) is 32.8 Å². The molecule has 1 heterocycles. The quantitative estimate of drug-likeness (QED) is 0.669. The van der Waals surface area contributed by atoms with Crippen LogP contribution in [0.2, 0.25) is 0 Å². The minimum absolute atomic E-state index is 0.0371. The molecule has 0 saturated carbocycles. The minimum atomic E-state index is -0.132. The van der Waals surface area contributed by atoms with E-state index in [9.17, 15) is 0 Å². The van der Waals surface area contributed by atoms with E-state index >= 15 is 0 Å². The van der Waals surface area contributed by atoms with E-state index < -0.39 is 0 Å². The van der Waals surface area contributed by atoms with Gasteiger partial charge >= 0.3 is 0 Å². The summed E-state index contributed by atoms with van der Waals surface area (Å²) < 4.78 is 10.4. The van der Waals surface area contributed by atoms with E-state index in [1.165, 1.54) is 0 Å². The molecule has 2 rings (SSSR count). The van der Waals surface area contributed by atoms with Gasteiger partial charge < -0.3 is 20.5 Å². The molecule has 15 heavy (non-hydrogen) atoms. The molecule has 3 atom stereocenters. The van der Waals surface area contributed by atoms with E-state index in [1.807, 2.05) is 12.2 Å². The van der Waals surface area contributed by atoms with Crippen LogP contribution < -0.4 is 11.1 Å². The van der Waals surface area contributed by atoms with Crippen LogP contribution in [0.25, 0.3) is 0 Å². The average molecular weight is 209 g/mol. The molecule has 0 amide bonds. The van der Waals surface area contributed by atoms with Gasteiger partial charge in [0.15, 0.2) is 11.5 Å². The number of hydrogen-bond donors (Lipinski definition) is 2. The molecule has 5 heteroatoms. The molecule has 0 saturated heterocycles. The summed E-state index contributed by atoms with van der Waals surface area (Å²) in [5.41, 5.74) is 5.92. The molecule has 1 aliphatic carbocycles. The number of nitrogens with one attached hydrogen (secondary N) is 1. The van der Waals surface area contributed by atoms with Crippen LogP contribution in [0.3, 0.4) is 0 Å². The highest BCUT2D eigenvalue weighted by Gasteiger charge is 2.31. The first-order chi connectivity index (χ1) is 7.26. The van der Waals surface area contributed by atoms with Crippen LogP contribution in [0.15, 0.2) is 28.7 Å². The van der Waals surface area contributed by atoms with Crippen molar-refractivity contribution in [3.63, 3.8) is 0 Å². The number of methoxy groups -OCH3 is 2. The molecule has 5 nitrogen and oxygen atoms in total. The third-order valence-electron chi connectivity index (χ3n) is 2.67. The second-order valence-corrected chi connectivity index (χ2v) is 3.51. The van der Waals surface area contributed by atoms with Gasteiger partial charge in [0.2, 0.25) is 0 Å². The van der Waals surface area contributed by atoms with E-state index in [2.05, 4.69) is 10.3 Å². The summed E-state index contributed by atoms with van der Waals surface area (Å²) in [4.78, 5) is 4.30. The maximum absolute atomic E-state index is 5.92. The Hall–Kier alpha value is -1.49. The highest BCUT2D eigenvalue weighted by molar-refractivity contribution is 5.57. The third-order valence-corrected chi connectivity index (χ3v) is 2.67. The highest BCUT2D eigenvalue weighted by Crippen LogP contribution is 2.28. The van der Waals surface area contributed by atoms with Crippen LogP contribution in [0, 0.1) is 5.92 Å². The fourth-order valence-corrected chi connectivity index (χ4v) is 1.83. The molecule has 0 spiro atoms. The number of nitrogens with zero attached hydrogens (tertiary/aromatic N) is 1. The lowest BCUT2D eigenvalue weighted by Crippen LogP contribution is -2.50. The van der Waals surface area contributed by atoms with Crippen molar-refractivity contribution in [2.45, 2.75) is 12.2 Å². The zero-order valence-electron chi connectivity index (χ0n) is 8.81. The maximum atomic E-state index is 5.92. The molecule has 0 fully saturated rings. The first-order valence-electron chi connectivity index (χ1n) is 4.81. The lowest BCUT2D eigenvalue weighted by molar-refractivity contribution is 0.206. The van der Waals surface area contributed by atoms with Crippen molar-refractivity contribution in [3.05, 3.63) is 23.7 Å². The number of rotatable bonds is 2.